The minimum Gasteiger partial charge on any atom is -0.907 e. The molecule has 0 heterocycles. The van der Waals surface area contributed by atoms with Gasteiger partial charge >= 0.3 is 154 Å². The minimum absolute atomic E-state index is 0. The molecule has 0 saturated heterocycles. The second kappa shape index (κ2) is 15.0. The predicted octanol–water partition coefficient (Wildman–Crippen LogP) is -11.3. The van der Waals surface area contributed by atoms with E-state index < -0.39 is 42.1 Å². The zero-order valence-corrected chi connectivity index (χ0v) is 19.6. The Hall–Kier alpha value is 3.39. The van der Waals surface area contributed by atoms with Gasteiger partial charge in [-0.1, -0.05) is 0 Å². The number of rotatable bonds is 0. The van der Waals surface area contributed by atoms with Gasteiger partial charge in [-0.15, -0.1) is 0 Å². The smallest absolute Gasteiger partial charge is 0.907 e. The van der Waals surface area contributed by atoms with Crippen LogP contribution in [0.3, 0.4) is 0 Å². The largest absolute Gasteiger partial charge is 1.00 e. The van der Waals surface area contributed by atoms with E-state index in [1.165, 1.54) is 0 Å². The van der Waals surface area contributed by atoms with Gasteiger partial charge < -0.3 is 25.3 Å². The Morgan fingerprint density at radius 1 is 0.632 bits per heavy atom. The van der Waals surface area contributed by atoms with Crippen molar-refractivity contribution < 1.29 is 197 Å². The van der Waals surface area contributed by atoms with Crippen molar-refractivity contribution in [3.63, 3.8) is 0 Å². The average Bonchev–Trinajstić information content (AvgIpc) is 2.20. The molecule has 19 heavy (non-hydrogen) atoms. The van der Waals surface area contributed by atoms with Crippen LogP contribution in [0.25, 0.3) is 0 Å². The van der Waals surface area contributed by atoms with E-state index in [2.05, 4.69) is 0 Å². The molecule has 0 unspecified atom stereocenters. The van der Waals surface area contributed by atoms with E-state index >= 15 is 0 Å². The maximum absolute atomic E-state index is 12.2. The van der Waals surface area contributed by atoms with Gasteiger partial charge in [-0.3, -0.25) is 7.32 Å². The Morgan fingerprint density at radius 3 is 0.947 bits per heavy atom. The van der Waals surface area contributed by atoms with Gasteiger partial charge in [0.2, 0.25) is 34.8 Å². The monoisotopic (exact) mass is 358 g/mol. The van der Waals surface area contributed by atoms with Crippen molar-refractivity contribution in [2.75, 3.05) is 0 Å². The number of benzene rings is 1. The summed E-state index contributed by atoms with van der Waals surface area (Å²) in [6.07, 6.45) is 0. The molecule has 0 bridgehead atoms. The molecule has 1 aromatic rings. The number of hydrogen-bond donors (Lipinski definition) is 2. The Balaban J connectivity index is -0.000000144. The molecule has 0 atom stereocenters. The molecule has 0 aliphatic rings. The third kappa shape index (κ3) is 10.7. The number of aromatic hydroxyl groups is 2. The molecule has 5 nitrogen and oxygen atoms in total. The van der Waals surface area contributed by atoms with Crippen LogP contribution in [0.1, 0.15) is 0 Å². The van der Waals surface area contributed by atoms with Crippen LogP contribution < -0.4 is 169 Å². The molecule has 2 N–H and O–H groups in total. The standard InChI is InChI=1S/C6H2F4O2.BO3.3K/c7-1-2(8)4(10)6(12)5(11)3(1)9;2-1(3)4;;;/h11-12H;;;;/q;-3;3*+1. The third-order valence-electron chi connectivity index (χ3n) is 1.22. The predicted molar refractivity (Wildman–Crippen MR) is 35.4 cm³/mol. The minimum atomic E-state index is -2.92. The summed E-state index contributed by atoms with van der Waals surface area (Å²) in [7, 11) is -2.92. The molecule has 0 radical (unpaired) electrons. The van der Waals surface area contributed by atoms with Crippen LogP contribution in [0, 0.1) is 23.3 Å². The summed E-state index contributed by atoms with van der Waals surface area (Å²) in [6.45, 7) is 0. The van der Waals surface area contributed by atoms with Crippen LogP contribution >= 0.6 is 0 Å². The van der Waals surface area contributed by atoms with Crippen LogP contribution in [-0.4, -0.2) is 17.5 Å². The molecule has 0 aromatic heterocycles. The SMILES string of the molecule is Oc1c(O)c(F)c(F)c(F)c1F.[K+].[K+].[K+].[O-]B([O-])[O-]. The third-order valence-corrected chi connectivity index (χ3v) is 1.22. The first-order valence-corrected chi connectivity index (χ1v) is 3.41. The summed E-state index contributed by atoms with van der Waals surface area (Å²) >= 11 is 0. The maximum Gasteiger partial charge on any atom is 1.00 e. The molecule has 1 aromatic carbocycles. The van der Waals surface area contributed by atoms with E-state index in [1.54, 1.807) is 0 Å². The van der Waals surface area contributed by atoms with Crippen molar-refractivity contribution in [2.45, 2.75) is 0 Å². The van der Waals surface area contributed by atoms with E-state index in [0.717, 1.165) is 0 Å². The number of hydrogen-bond acceptors (Lipinski definition) is 5. The Morgan fingerprint density at radius 2 is 0.789 bits per heavy atom. The van der Waals surface area contributed by atoms with Gasteiger partial charge in [-0.2, -0.15) is 8.78 Å². The first-order chi connectivity index (χ1) is 7.20. The molecular weight excluding hydrogens is 356 g/mol. The summed E-state index contributed by atoms with van der Waals surface area (Å²) < 4.78 is 48.8. The number of phenols is 2. The van der Waals surface area contributed by atoms with E-state index in [1.807, 2.05) is 0 Å². The fourth-order valence-corrected chi connectivity index (χ4v) is 0.609. The van der Waals surface area contributed by atoms with Gasteiger partial charge in [-0.05, 0) is 0 Å². The zero-order chi connectivity index (χ0) is 13.0. The molecule has 0 fully saturated rings. The van der Waals surface area contributed by atoms with Crippen molar-refractivity contribution >= 4 is 7.32 Å². The summed E-state index contributed by atoms with van der Waals surface area (Å²) in [5.41, 5.74) is 0. The maximum atomic E-state index is 12.2. The van der Waals surface area contributed by atoms with Crippen molar-refractivity contribution in [3.05, 3.63) is 23.3 Å². The summed E-state index contributed by atoms with van der Waals surface area (Å²) in [5.74, 6) is -11.7. The van der Waals surface area contributed by atoms with Crippen LogP contribution in [0.2, 0.25) is 0 Å². The fourth-order valence-electron chi connectivity index (χ4n) is 0.609. The van der Waals surface area contributed by atoms with Crippen molar-refractivity contribution in [2.24, 2.45) is 0 Å². The van der Waals surface area contributed by atoms with Gasteiger partial charge in [0.25, 0.3) is 0 Å². The summed E-state index contributed by atoms with van der Waals surface area (Å²) in [5, 5.41) is 42.1. The molecule has 90 valence electrons. The normalized spacial score (nSPS) is 7.95. The van der Waals surface area contributed by atoms with Gasteiger partial charge in [0.15, 0.2) is 0 Å². The Bertz CT molecular complexity index is 290. The molecule has 0 amide bonds. The van der Waals surface area contributed by atoms with Crippen molar-refractivity contribution in [3.8, 4) is 11.5 Å². The van der Waals surface area contributed by atoms with Gasteiger partial charge in [0, 0.05) is 0 Å². The van der Waals surface area contributed by atoms with E-state index in [4.69, 9.17) is 25.3 Å². The van der Waals surface area contributed by atoms with E-state index in [9.17, 15) is 17.6 Å². The van der Waals surface area contributed by atoms with Crippen LogP contribution in [-0.2, 0) is 0 Å². The Kier molecular flexibility index (Phi) is 23.8. The van der Waals surface area contributed by atoms with E-state index in [-0.39, 0.29) is 154 Å². The Labute approximate surface area is 233 Å². The topological polar surface area (TPSA) is 110 Å². The quantitative estimate of drug-likeness (QED) is 0.157. The molecular formula is C6H2BF4K3O5. The molecule has 0 aliphatic heterocycles. The second-order valence-electron chi connectivity index (χ2n) is 2.24. The second-order valence-corrected chi connectivity index (χ2v) is 2.24. The number of halogens is 4. The average molecular weight is 358 g/mol. The van der Waals surface area contributed by atoms with Gasteiger partial charge in [-0.25, -0.2) is 8.78 Å². The number of phenolic OH excluding ortho intramolecular Hbond substituents is 2. The molecule has 1 rings (SSSR count). The van der Waals surface area contributed by atoms with Gasteiger partial charge in [0.1, 0.15) is 0 Å². The molecule has 13 heteroatoms. The molecule has 0 saturated carbocycles. The fraction of sp³-hybridized carbons (Fsp3) is 0. The van der Waals surface area contributed by atoms with Crippen molar-refractivity contribution in [1.29, 1.82) is 0 Å². The van der Waals surface area contributed by atoms with E-state index in [0.29, 0.717) is 0 Å². The molecule has 0 aliphatic carbocycles. The summed E-state index contributed by atoms with van der Waals surface area (Å²) in [4.78, 5) is 0. The zero-order valence-electron chi connectivity index (χ0n) is 10.2. The van der Waals surface area contributed by atoms with Gasteiger partial charge in [0.05, 0.1) is 0 Å². The first kappa shape index (κ1) is 30.3. The first-order valence-electron chi connectivity index (χ1n) is 3.41. The van der Waals surface area contributed by atoms with Crippen LogP contribution in [0.5, 0.6) is 11.5 Å². The van der Waals surface area contributed by atoms with Crippen molar-refractivity contribution in [1.82, 2.24) is 0 Å². The van der Waals surface area contributed by atoms with Crippen LogP contribution in [0.4, 0.5) is 17.6 Å². The summed E-state index contributed by atoms with van der Waals surface area (Å²) in [6, 6.07) is 0. The van der Waals surface area contributed by atoms with Crippen LogP contribution in [0.15, 0.2) is 0 Å². The molecule has 0 spiro atoms.